The van der Waals surface area contributed by atoms with Crippen LogP contribution in [-0.2, 0) is 6.42 Å². The molecule has 0 saturated heterocycles. The van der Waals surface area contributed by atoms with Crippen LogP contribution in [0.15, 0.2) is 23.8 Å². The Bertz CT molecular complexity index is 554. The lowest BCUT2D eigenvalue weighted by Gasteiger charge is -2.33. The summed E-state index contributed by atoms with van der Waals surface area (Å²) in [6.45, 7) is 6.62. The van der Waals surface area contributed by atoms with E-state index >= 15 is 0 Å². The van der Waals surface area contributed by atoms with Crippen LogP contribution in [0.5, 0.6) is 11.5 Å². The minimum absolute atomic E-state index is 0.112. The summed E-state index contributed by atoms with van der Waals surface area (Å²) in [5, 5.41) is 22.3. The highest BCUT2D eigenvalue weighted by atomic mass is 79.9. The summed E-state index contributed by atoms with van der Waals surface area (Å²) >= 11 is 3.45. The maximum Gasteiger partial charge on any atom is 0.123 e. The number of phenolic OH excluding ortho intramolecular Hbond substituents is 2. The molecule has 2 N–H and O–H groups in total. The number of hydrogen-bond donors (Lipinski definition) is 2. The normalized spacial score (nSPS) is 21.1. The third kappa shape index (κ3) is 4.78. The molecule has 1 aliphatic carbocycles. The van der Waals surface area contributed by atoms with Crippen LogP contribution in [0.4, 0.5) is 0 Å². The molecule has 1 aromatic rings. The maximum absolute atomic E-state index is 10.6. The quantitative estimate of drug-likeness (QED) is 0.323. The van der Waals surface area contributed by atoms with Crippen LogP contribution in [0.2, 0.25) is 0 Å². The van der Waals surface area contributed by atoms with E-state index in [9.17, 15) is 10.2 Å². The summed E-state index contributed by atoms with van der Waals surface area (Å²) in [7, 11) is 0. The van der Waals surface area contributed by atoms with Gasteiger partial charge in [0.2, 0.25) is 0 Å². The average molecular weight is 395 g/mol. The van der Waals surface area contributed by atoms with Gasteiger partial charge in [0.25, 0.3) is 0 Å². The zero-order chi connectivity index (χ0) is 17.7. The van der Waals surface area contributed by atoms with Crippen LogP contribution >= 0.6 is 15.9 Å². The van der Waals surface area contributed by atoms with Crippen molar-refractivity contribution >= 4 is 15.9 Å². The molecule has 2 atom stereocenters. The van der Waals surface area contributed by atoms with Crippen LogP contribution in [0.1, 0.15) is 69.9 Å². The fourth-order valence-electron chi connectivity index (χ4n) is 3.90. The number of unbranched alkanes of at least 4 members (excludes halogenated alkanes) is 2. The Morgan fingerprint density at radius 2 is 1.79 bits per heavy atom. The molecular weight excluding hydrogens is 364 g/mol. The monoisotopic (exact) mass is 394 g/mol. The molecular formula is C21H31BrO2. The third-order valence-electron chi connectivity index (χ3n) is 5.28. The number of phenols is 2. The first-order valence-corrected chi connectivity index (χ1v) is 10.3. The predicted molar refractivity (Wildman–Crippen MR) is 105 cm³/mol. The minimum Gasteiger partial charge on any atom is -0.507 e. The number of hydrogen-bond acceptors (Lipinski definition) is 2. The van der Waals surface area contributed by atoms with Crippen molar-refractivity contribution in [3.8, 4) is 11.5 Å². The molecule has 3 heteroatoms. The van der Waals surface area contributed by atoms with Gasteiger partial charge in [-0.15, -0.1) is 0 Å². The number of aryl methyl sites for hydroxylation is 1. The highest BCUT2D eigenvalue weighted by Crippen LogP contribution is 2.46. The molecule has 0 fully saturated rings. The van der Waals surface area contributed by atoms with Crippen LogP contribution in [0, 0.1) is 11.8 Å². The Balaban J connectivity index is 2.24. The molecule has 0 unspecified atom stereocenters. The van der Waals surface area contributed by atoms with Crippen LogP contribution < -0.4 is 0 Å². The molecule has 0 spiro atoms. The van der Waals surface area contributed by atoms with Gasteiger partial charge in [-0.2, -0.15) is 0 Å². The molecule has 1 aromatic carbocycles. The van der Waals surface area contributed by atoms with Gasteiger partial charge in [-0.1, -0.05) is 47.8 Å². The largest absolute Gasteiger partial charge is 0.507 e. The molecule has 1 aliphatic rings. The van der Waals surface area contributed by atoms with Gasteiger partial charge in [-0.25, -0.2) is 0 Å². The number of aromatic hydroxyl groups is 2. The van der Waals surface area contributed by atoms with E-state index in [1.54, 1.807) is 0 Å². The van der Waals surface area contributed by atoms with E-state index in [0.29, 0.717) is 11.8 Å². The minimum atomic E-state index is 0.112. The van der Waals surface area contributed by atoms with Crippen molar-refractivity contribution in [2.24, 2.45) is 11.8 Å². The van der Waals surface area contributed by atoms with Crippen molar-refractivity contribution in [2.75, 3.05) is 5.33 Å². The van der Waals surface area contributed by atoms with Crippen molar-refractivity contribution in [1.82, 2.24) is 0 Å². The Kier molecular flexibility index (Phi) is 7.21. The average Bonchev–Trinajstić information content (AvgIpc) is 2.51. The molecule has 0 radical (unpaired) electrons. The highest BCUT2D eigenvalue weighted by molar-refractivity contribution is 9.09. The smallest absolute Gasteiger partial charge is 0.123 e. The first-order valence-electron chi connectivity index (χ1n) is 9.22. The van der Waals surface area contributed by atoms with Gasteiger partial charge < -0.3 is 10.2 Å². The zero-order valence-electron chi connectivity index (χ0n) is 15.2. The van der Waals surface area contributed by atoms with Gasteiger partial charge in [0.05, 0.1) is 0 Å². The second kappa shape index (κ2) is 8.94. The molecule has 24 heavy (non-hydrogen) atoms. The fourth-order valence-corrected chi connectivity index (χ4v) is 4.30. The van der Waals surface area contributed by atoms with E-state index in [1.165, 1.54) is 5.57 Å². The summed E-state index contributed by atoms with van der Waals surface area (Å²) in [5.41, 5.74) is 3.10. The summed E-state index contributed by atoms with van der Waals surface area (Å²) in [6.07, 6.45) is 8.80. The zero-order valence-corrected chi connectivity index (χ0v) is 16.8. The first kappa shape index (κ1) is 19.4. The van der Waals surface area contributed by atoms with Crippen molar-refractivity contribution in [1.29, 1.82) is 0 Å². The van der Waals surface area contributed by atoms with E-state index in [4.69, 9.17) is 0 Å². The highest BCUT2D eigenvalue weighted by Gasteiger charge is 2.31. The molecule has 0 heterocycles. The lowest BCUT2D eigenvalue weighted by atomic mass is 9.71. The van der Waals surface area contributed by atoms with Crippen molar-refractivity contribution in [3.63, 3.8) is 0 Å². The second-order valence-corrected chi connectivity index (χ2v) is 8.33. The van der Waals surface area contributed by atoms with Gasteiger partial charge in [0.1, 0.15) is 11.5 Å². The molecule has 0 bridgehead atoms. The van der Waals surface area contributed by atoms with Gasteiger partial charge in [-0.05, 0) is 68.6 Å². The summed E-state index contributed by atoms with van der Waals surface area (Å²) in [6, 6.07) is 3.72. The molecule has 0 aromatic heterocycles. The Morgan fingerprint density at radius 1 is 1.12 bits per heavy atom. The summed E-state index contributed by atoms with van der Waals surface area (Å²) < 4.78 is 0. The Morgan fingerprint density at radius 3 is 2.38 bits per heavy atom. The topological polar surface area (TPSA) is 40.5 Å². The molecule has 2 rings (SSSR count). The van der Waals surface area contributed by atoms with Crippen LogP contribution in [-0.4, -0.2) is 15.5 Å². The molecule has 0 amide bonds. The van der Waals surface area contributed by atoms with Crippen molar-refractivity contribution in [3.05, 3.63) is 34.9 Å². The van der Waals surface area contributed by atoms with Gasteiger partial charge >= 0.3 is 0 Å². The molecule has 134 valence electrons. The molecule has 0 saturated carbocycles. The van der Waals surface area contributed by atoms with E-state index in [0.717, 1.165) is 55.0 Å². The van der Waals surface area contributed by atoms with Gasteiger partial charge in [0, 0.05) is 16.8 Å². The summed E-state index contributed by atoms with van der Waals surface area (Å²) in [5.74, 6) is 1.62. The van der Waals surface area contributed by atoms with E-state index in [-0.39, 0.29) is 17.4 Å². The van der Waals surface area contributed by atoms with E-state index in [1.807, 2.05) is 12.1 Å². The van der Waals surface area contributed by atoms with Crippen LogP contribution in [0.3, 0.4) is 0 Å². The first-order chi connectivity index (χ1) is 11.4. The maximum atomic E-state index is 10.6. The third-order valence-corrected chi connectivity index (χ3v) is 5.84. The Labute approximate surface area is 155 Å². The number of halogens is 1. The molecule has 2 nitrogen and oxygen atoms in total. The van der Waals surface area contributed by atoms with E-state index < -0.39 is 0 Å². The number of rotatable bonds is 7. The van der Waals surface area contributed by atoms with Gasteiger partial charge in [-0.3, -0.25) is 0 Å². The lowest BCUT2D eigenvalue weighted by Crippen LogP contribution is -2.21. The van der Waals surface area contributed by atoms with Crippen LogP contribution in [0.25, 0.3) is 0 Å². The number of allylic oxidation sites excluding steroid dienone is 2. The second-order valence-electron chi connectivity index (χ2n) is 7.53. The number of benzene rings is 1. The standard InChI is InChI=1S/C21H31BrO2/c1-14(2)17-9-8-15(3)11-18(17)21-19(23)12-16(13-20(21)24)7-5-4-6-10-22/h11-14,17-18,23-24H,4-10H2,1-3H3/t17-,18+/m0/s1. The summed E-state index contributed by atoms with van der Waals surface area (Å²) in [4.78, 5) is 0. The SMILES string of the molecule is CC1=C[C@@H](c2c(O)cc(CCCCCBr)cc2O)[C@H](C(C)C)CC1. The number of alkyl halides is 1. The van der Waals surface area contributed by atoms with E-state index in [2.05, 4.69) is 42.8 Å². The van der Waals surface area contributed by atoms with Crippen molar-refractivity contribution in [2.45, 2.75) is 65.2 Å². The predicted octanol–water partition coefficient (Wildman–Crippen LogP) is 6.30. The van der Waals surface area contributed by atoms with Gasteiger partial charge in [0.15, 0.2) is 0 Å². The lowest BCUT2D eigenvalue weighted by molar-refractivity contribution is 0.304. The fraction of sp³-hybridized carbons (Fsp3) is 0.619. The Hall–Kier alpha value is -0.960. The van der Waals surface area contributed by atoms with Crippen molar-refractivity contribution < 1.29 is 10.2 Å². The molecule has 0 aliphatic heterocycles.